The molecule has 92 valence electrons. The van der Waals surface area contributed by atoms with Crippen molar-refractivity contribution in [1.29, 1.82) is 0 Å². The number of hydrogen-bond donors (Lipinski definition) is 0. The van der Waals surface area contributed by atoms with Crippen molar-refractivity contribution in [2.75, 3.05) is 5.75 Å². The van der Waals surface area contributed by atoms with Crippen LogP contribution in [0.1, 0.15) is 11.1 Å². The molecule has 1 nitrogen and oxygen atoms in total. The van der Waals surface area contributed by atoms with Crippen molar-refractivity contribution in [2.24, 2.45) is 0 Å². The van der Waals surface area contributed by atoms with Crippen molar-refractivity contribution < 1.29 is 4.79 Å². The van der Waals surface area contributed by atoms with E-state index in [-0.39, 0.29) is 5.12 Å². The highest BCUT2D eigenvalue weighted by molar-refractivity contribution is 8.13. The molecule has 0 N–H and O–H groups in total. The zero-order valence-electron chi connectivity index (χ0n) is 10.2. The topological polar surface area (TPSA) is 17.1 Å². The first kappa shape index (κ1) is 12.9. The smallest absolute Gasteiger partial charge is 0.193 e. The summed E-state index contributed by atoms with van der Waals surface area (Å²) in [4.78, 5) is 11.8. The molecule has 2 heteroatoms. The molecule has 0 aliphatic rings. The quantitative estimate of drug-likeness (QED) is 0.810. The Labute approximate surface area is 112 Å². The van der Waals surface area contributed by atoms with Crippen molar-refractivity contribution in [3.05, 3.63) is 71.8 Å². The van der Waals surface area contributed by atoms with E-state index in [1.807, 2.05) is 48.5 Å². The van der Waals surface area contributed by atoms with Crippen LogP contribution in [-0.2, 0) is 17.6 Å². The fourth-order valence-electron chi connectivity index (χ4n) is 1.74. The van der Waals surface area contributed by atoms with Gasteiger partial charge < -0.3 is 0 Å². The van der Waals surface area contributed by atoms with E-state index >= 15 is 0 Å². The minimum atomic E-state index is 0.247. The Hall–Kier alpha value is -1.54. The van der Waals surface area contributed by atoms with Gasteiger partial charge in [0.05, 0.1) is 0 Å². The highest BCUT2D eigenvalue weighted by Crippen LogP contribution is 2.11. The van der Waals surface area contributed by atoms with Gasteiger partial charge in [-0.15, -0.1) is 0 Å². The molecule has 2 rings (SSSR count). The van der Waals surface area contributed by atoms with Crippen molar-refractivity contribution in [2.45, 2.75) is 12.8 Å². The number of aryl methyl sites for hydroxylation is 1. The van der Waals surface area contributed by atoms with E-state index in [2.05, 4.69) is 12.1 Å². The van der Waals surface area contributed by atoms with Gasteiger partial charge in [-0.3, -0.25) is 4.79 Å². The summed E-state index contributed by atoms with van der Waals surface area (Å²) < 4.78 is 0. The molecule has 0 saturated carbocycles. The van der Waals surface area contributed by atoms with Gasteiger partial charge in [-0.25, -0.2) is 0 Å². The van der Waals surface area contributed by atoms with Crippen LogP contribution < -0.4 is 0 Å². The summed E-state index contributed by atoms with van der Waals surface area (Å²) >= 11 is 1.43. The summed E-state index contributed by atoms with van der Waals surface area (Å²) in [7, 11) is 0. The van der Waals surface area contributed by atoms with E-state index in [0.717, 1.165) is 17.7 Å². The van der Waals surface area contributed by atoms with Crippen LogP contribution in [0.25, 0.3) is 0 Å². The van der Waals surface area contributed by atoms with E-state index in [0.29, 0.717) is 6.42 Å². The van der Waals surface area contributed by atoms with Crippen LogP contribution in [0.3, 0.4) is 0 Å². The zero-order valence-corrected chi connectivity index (χ0v) is 11.0. The molecule has 18 heavy (non-hydrogen) atoms. The van der Waals surface area contributed by atoms with Gasteiger partial charge in [-0.05, 0) is 17.5 Å². The third-order valence-electron chi connectivity index (χ3n) is 2.69. The number of benzene rings is 2. The van der Waals surface area contributed by atoms with Crippen molar-refractivity contribution in [3.63, 3.8) is 0 Å². The highest BCUT2D eigenvalue weighted by atomic mass is 32.2. The van der Waals surface area contributed by atoms with E-state index < -0.39 is 0 Å². The summed E-state index contributed by atoms with van der Waals surface area (Å²) in [6, 6.07) is 20.2. The average Bonchev–Trinajstić information content (AvgIpc) is 2.41. The summed E-state index contributed by atoms with van der Waals surface area (Å²) in [6.07, 6.45) is 1.48. The maximum absolute atomic E-state index is 11.8. The van der Waals surface area contributed by atoms with Crippen molar-refractivity contribution in [1.82, 2.24) is 0 Å². The molecular weight excluding hydrogens is 240 g/mol. The van der Waals surface area contributed by atoms with E-state index in [4.69, 9.17) is 0 Å². The van der Waals surface area contributed by atoms with Crippen LogP contribution in [0.2, 0.25) is 0 Å². The van der Waals surface area contributed by atoms with Gasteiger partial charge in [0.25, 0.3) is 0 Å². The third-order valence-corrected chi connectivity index (χ3v) is 3.56. The summed E-state index contributed by atoms with van der Waals surface area (Å²) in [5, 5.41) is 0.247. The number of carbonyl (C=O) groups is 1. The van der Waals surface area contributed by atoms with Crippen LogP contribution >= 0.6 is 11.8 Å². The molecule has 0 radical (unpaired) electrons. The van der Waals surface area contributed by atoms with Gasteiger partial charge in [-0.2, -0.15) is 0 Å². The molecule has 0 aliphatic carbocycles. The predicted molar refractivity (Wildman–Crippen MR) is 77.8 cm³/mol. The maximum atomic E-state index is 11.8. The van der Waals surface area contributed by atoms with Crippen LogP contribution in [-0.4, -0.2) is 10.9 Å². The van der Waals surface area contributed by atoms with Gasteiger partial charge >= 0.3 is 0 Å². The SMILES string of the molecule is O=C(Cc1ccccc1)SCCc1ccccc1. The minimum Gasteiger partial charge on any atom is -0.287 e. The van der Waals surface area contributed by atoms with Crippen molar-refractivity contribution >= 4 is 16.9 Å². The second kappa shape index (κ2) is 7.02. The number of hydrogen-bond acceptors (Lipinski definition) is 2. The summed E-state index contributed by atoms with van der Waals surface area (Å²) in [5.74, 6) is 0.857. The monoisotopic (exact) mass is 256 g/mol. The maximum Gasteiger partial charge on any atom is 0.193 e. The minimum absolute atomic E-state index is 0.247. The largest absolute Gasteiger partial charge is 0.287 e. The molecule has 0 bridgehead atoms. The molecule has 0 unspecified atom stereocenters. The fourth-order valence-corrected chi connectivity index (χ4v) is 2.58. The summed E-state index contributed by atoms with van der Waals surface area (Å²) in [5.41, 5.74) is 2.38. The molecule has 0 saturated heterocycles. The number of thioether (sulfide) groups is 1. The molecule has 0 heterocycles. The Morgan fingerprint density at radius 3 is 2.00 bits per heavy atom. The van der Waals surface area contributed by atoms with Crippen LogP contribution in [0.5, 0.6) is 0 Å². The lowest BCUT2D eigenvalue weighted by atomic mass is 10.2. The lowest BCUT2D eigenvalue weighted by Gasteiger charge is -2.02. The molecule has 0 spiro atoms. The van der Waals surface area contributed by atoms with Crippen LogP contribution in [0.15, 0.2) is 60.7 Å². The first-order valence-electron chi connectivity index (χ1n) is 6.08. The first-order valence-corrected chi connectivity index (χ1v) is 7.06. The highest BCUT2D eigenvalue weighted by Gasteiger charge is 2.04. The Bertz CT molecular complexity index is 479. The fraction of sp³-hybridized carbons (Fsp3) is 0.188. The normalized spacial score (nSPS) is 10.2. The van der Waals surface area contributed by atoms with Gasteiger partial charge in [0.2, 0.25) is 0 Å². The van der Waals surface area contributed by atoms with Gasteiger partial charge in [0.1, 0.15) is 0 Å². The second-order valence-corrected chi connectivity index (χ2v) is 5.27. The van der Waals surface area contributed by atoms with E-state index in [9.17, 15) is 4.79 Å². The molecule has 2 aromatic carbocycles. The molecule has 0 fully saturated rings. The Morgan fingerprint density at radius 2 is 1.39 bits per heavy atom. The molecule has 2 aromatic rings. The van der Waals surface area contributed by atoms with Crippen LogP contribution in [0, 0.1) is 0 Å². The van der Waals surface area contributed by atoms with E-state index in [1.165, 1.54) is 17.3 Å². The lowest BCUT2D eigenvalue weighted by molar-refractivity contribution is -0.110. The molecule has 0 atom stereocenters. The van der Waals surface area contributed by atoms with E-state index in [1.54, 1.807) is 0 Å². The predicted octanol–water partition coefficient (Wildman–Crippen LogP) is 3.73. The average molecular weight is 256 g/mol. The number of rotatable bonds is 5. The second-order valence-electron chi connectivity index (χ2n) is 4.12. The Kier molecular flexibility index (Phi) is 5.03. The standard InChI is InChI=1S/C16H16OS/c17-16(13-15-9-5-2-6-10-15)18-12-11-14-7-3-1-4-8-14/h1-10H,11-13H2. The summed E-state index contributed by atoms with van der Waals surface area (Å²) in [6.45, 7) is 0. The molecule has 0 aliphatic heterocycles. The van der Waals surface area contributed by atoms with Gasteiger partial charge in [0, 0.05) is 12.2 Å². The zero-order chi connectivity index (χ0) is 12.6. The number of carbonyl (C=O) groups excluding carboxylic acids is 1. The Morgan fingerprint density at radius 1 is 0.833 bits per heavy atom. The Balaban J connectivity index is 1.73. The van der Waals surface area contributed by atoms with Crippen LogP contribution in [0.4, 0.5) is 0 Å². The molecule has 0 amide bonds. The lowest BCUT2D eigenvalue weighted by Crippen LogP contribution is -2.00. The first-order chi connectivity index (χ1) is 8.84. The van der Waals surface area contributed by atoms with Crippen molar-refractivity contribution in [3.8, 4) is 0 Å². The van der Waals surface area contributed by atoms with Gasteiger partial charge in [0.15, 0.2) is 5.12 Å². The molecule has 0 aromatic heterocycles. The third kappa shape index (κ3) is 4.38. The van der Waals surface area contributed by atoms with Gasteiger partial charge in [-0.1, -0.05) is 72.4 Å². The molecular formula is C16H16OS.